The summed E-state index contributed by atoms with van der Waals surface area (Å²) in [6, 6.07) is 5.16. The second-order valence-electron chi connectivity index (χ2n) is 4.07. The van der Waals surface area contributed by atoms with Crippen molar-refractivity contribution in [3.8, 4) is 5.75 Å². The SMILES string of the molecule is CCNCc1ccc(OCc2cncc(F)c2)cn1. The highest BCUT2D eigenvalue weighted by Crippen LogP contribution is 2.12. The van der Waals surface area contributed by atoms with Crippen LogP contribution in [0.4, 0.5) is 4.39 Å². The molecule has 0 aliphatic heterocycles. The molecule has 0 atom stereocenters. The first kappa shape index (κ1) is 13.4. The third-order valence-electron chi connectivity index (χ3n) is 2.52. The number of hydrogen-bond acceptors (Lipinski definition) is 4. The van der Waals surface area contributed by atoms with E-state index in [-0.39, 0.29) is 12.4 Å². The largest absolute Gasteiger partial charge is 0.487 e. The van der Waals surface area contributed by atoms with Crippen molar-refractivity contribution in [2.75, 3.05) is 6.54 Å². The van der Waals surface area contributed by atoms with Gasteiger partial charge in [-0.1, -0.05) is 6.92 Å². The first-order chi connectivity index (χ1) is 9.28. The molecule has 2 rings (SSSR count). The zero-order chi connectivity index (χ0) is 13.5. The Balaban J connectivity index is 1.89. The number of aromatic nitrogens is 2. The fourth-order valence-corrected chi connectivity index (χ4v) is 1.56. The third kappa shape index (κ3) is 4.30. The number of hydrogen-bond donors (Lipinski definition) is 1. The lowest BCUT2D eigenvalue weighted by atomic mass is 10.3. The summed E-state index contributed by atoms with van der Waals surface area (Å²) in [6.07, 6.45) is 4.41. The molecular weight excluding hydrogens is 245 g/mol. The fraction of sp³-hybridized carbons (Fsp3) is 0.286. The molecule has 0 fully saturated rings. The van der Waals surface area contributed by atoms with Crippen LogP contribution in [0, 0.1) is 5.82 Å². The highest BCUT2D eigenvalue weighted by molar-refractivity contribution is 5.20. The van der Waals surface area contributed by atoms with Crippen LogP contribution in [0.15, 0.2) is 36.8 Å². The van der Waals surface area contributed by atoms with Crippen molar-refractivity contribution in [2.24, 2.45) is 0 Å². The van der Waals surface area contributed by atoms with Crippen molar-refractivity contribution >= 4 is 0 Å². The van der Waals surface area contributed by atoms with E-state index in [1.807, 2.05) is 19.1 Å². The second-order valence-corrected chi connectivity index (χ2v) is 4.07. The molecule has 2 aromatic rings. The van der Waals surface area contributed by atoms with Gasteiger partial charge in [0.25, 0.3) is 0 Å². The fourth-order valence-electron chi connectivity index (χ4n) is 1.56. The van der Waals surface area contributed by atoms with Crippen LogP contribution in [-0.2, 0) is 13.2 Å². The normalized spacial score (nSPS) is 10.4. The van der Waals surface area contributed by atoms with E-state index in [2.05, 4.69) is 15.3 Å². The van der Waals surface area contributed by atoms with E-state index >= 15 is 0 Å². The molecule has 0 saturated carbocycles. The van der Waals surface area contributed by atoms with Crippen molar-refractivity contribution in [3.63, 3.8) is 0 Å². The van der Waals surface area contributed by atoms with Gasteiger partial charge in [-0.15, -0.1) is 0 Å². The van der Waals surface area contributed by atoms with E-state index in [1.165, 1.54) is 12.3 Å². The van der Waals surface area contributed by atoms with Crippen LogP contribution in [0.3, 0.4) is 0 Å². The number of ether oxygens (including phenoxy) is 1. The van der Waals surface area contributed by atoms with Gasteiger partial charge in [-0.2, -0.15) is 0 Å². The first-order valence-electron chi connectivity index (χ1n) is 6.16. The molecule has 2 aromatic heterocycles. The summed E-state index contributed by atoms with van der Waals surface area (Å²) >= 11 is 0. The number of nitrogens with one attached hydrogen (secondary N) is 1. The van der Waals surface area contributed by atoms with E-state index in [9.17, 15) is 4.39 Å². The van der Waals surface area contributed by atoms with Gasteiger partial charge in [0.15, 0.2) is 0 Å². The van der Waals surface area contributed by atoms with Gasteiger partial charge in [0.1, 0.15) is 18.2 Å². The Bertz CT molecular complexity index is 516. The minimum Gasteiger partial charge on any atom is -0.487 e. The summed E-state index contributed by atoms with van der Waals surface area (Å²) < 4.78 is 18.4. The van der Waals surface area contributed by atoms with E-state index in [0.29, 0.717) is 11.3 Å². The molecule has 0 aliphatic carbocycles. The second kappa shape index (κ2) is 6.80. The minimum atomic E-state index is -0.361. The monoisotopic (exact) mass is 261 g/mol. The zero-order valence-electron chi connectivity index (χ0n) is 10.8. The van der Waals surface area contributed by atoms with Crippen molar-refractivity contribution < 1.29 is 9.13 Å². The van der Waals surface area contributed by atoms with Gasteiger partial charge in [0, 0.05) is 18.3 Å². The maximum Gasteiger partial charge on any atom is 0.141 e. The molecule has 1 N–H and O–H groups in total. The van der Waals surface area contributed by atoms with Gasteiger partial charge in [0.2, 0.25) is 0 Å². The van der Waals surface area contributed by atoms with Gasteiger partial charge >= 0.3 is 0 Å². The highest BCUT2D eigenvalue weighted by atomic mass is 19.1. The maximum atomic E-state index is 12.9. The van der Waals surface area contributed by atoms with E-state index in [1.54, 1.807) is 12.4 Å². The topological polar surface area (TPSA) is 47.0 Å². The minimum absolute atomic E-state index is 0.277. The first-order valence-corrected chi connectivity index (χ1v) is 6.16. The molecule has 0 aromatic carbocycles. The molecule has 0 radical (unpaired) electrons. The van der Waals surface area contributed by atoms with Crippen LogP contribution in [-0.4, -0.2) is 16.5 Å². The standard InChI is InChI=1S/C14H16FN3O/c1-2-16-8-13-3-4-14(9-18-13)19-10-11-5-12(15)7-17-6-11/h3-7,9,16H,2,8,10H2,1H3. The zero-order valence-corrected chi connectivity index (χ0v) is 10.8. The Morgan fingerprint density at radius 2 is 2.16 bits per heavy atom. The molecular formula is C14H16FN3O. The lowest BCUT2D eigenvalue weighted by Gasteiger charge is -2.07. The van der Waals surface area contributed by atoms with Crippen molar-refractivity contribution in [1.82, 2.24) is 15.3 Å². The van der Waals surface area contributed by atoms with Crippen LogP contribution >= 0.6 is 0 Å². The van der Waals surface area contributed by atoms with Gasteiger partial charge in [-0.05, 0) is 24.7 Å². The van der Waals surface area contributed by atoms with E-state index in [4.69, 9.17) is 4.74 Å². The van der Waals surface area contributed by atoms with Crippen LogP contribution in [0.1, 0.15) is 18.2 Å². The molecule has 0 aliphatic rings. The average molecular weight is 261 g/mol. The van der Waals surface area contributed by atoms with Gasteiger partial charge in [0.05, 0.1) is 18.1 Å². The molecule has 2 heterocycles. The van der Waals surface area contributed by atoms with Crippen LogP contribution in [0.25, 0.3) is 0 Å². The molecule has 4 nitrogen and oxygen atoms in total. The van der Waals surface area contributed by atoms with E-state index < -0.39 is 0 Å². The van der Waals surface area contributed by atoms with Crippen molar-refractivity contribution in [3.05, 3.63) is 53.9 Å². The summed E-state index contributed by atoms with van der Waals surface area (Å²) in [4.78, 5) is 8.03. The van der Waals surface area contributed by atoms with Crippen LogP contribution in [0.2, 0.25) is 0 Å². The lowest BCUT2D eigenvalue weighted by molar-refractivity contribution is 0.303. The summed E-state index contributed by atoms with van der Waals surface area (Å²) in [7, 11) is 0. The molecule has 0 saturated heterocycles. The van der Waals surface area contributed by atoms with Crippen molar-refractivity contribution in [2.45, 2.75) is 20.1 Å². The number of nitrogens with zero attached hydrogens (tertiary/aromatic N) is 2. The number of halogens is 1. The third-order valence-corrected chi connectivity index (χ3v) is 2.52. The number of pyridine rings is 2. The molecule has 19 heavy (non-hydrogen) atoms. The number of rotatable bonds is 6. The molecule has 5 heteroatoms. The quantitative estimate of drug-likeness (QED) is 0.866. The molecule has 0 bridgehead atoms. The Hall–Kier alpha value is -2.01. The Labute approximate surface area is 111 Å². The van der Waals surface area contributed by atoms with Crippen molar-refractivity contribution in [1.29, 1.82) is 0 Å². The van der Waals surface area contributed by atoms with Crippen LogP contribution < -0.4 is 10.1 Å². The summed E-state index contributed by atoms with van der Waals surface area (Å²) in [5, 5.41) is 3.19. The Kier molecular flexibility index (Phi) is 4.80. The Morgan fingerprint density at radius 1 is 1.26 bits per heavy atom. The van der Waals surface area contributed by atoms with Crippen LogP contribution in [0.5, 0.6) is 5.75 Å². The highest BCUT2D eigenvalue weighted by Gasteiger charge is 2.00. The summed E-state index contributed by atoms with van der Waals surface area (Å²) in [6.45, 7) is 3.97. The molecule has 0 unspecified atom stereocenters. The van der Waals surface area contributed by atoms with Gasteiger partial charge < -0.3 is 10.1 Å². The van der Waals surface area contributed by atoms with E-state index in [0.717, 1.165) is 18.8 Å². The molecule has 100 valence electrons. The summed E-state index contributed by atoms with van der Waals surface area (Å²) in [5.74, 6) is 0.296. The maximum absolute atomic E-state index is 12.9. The van der Waals surface area contributed by atoms with Gasteiger partial charge in [-0.25, -0.2) is 4.39 Å². The lowest BCUT2D eigenvalue weighted by Crippen LogP contribution is -2.12. The predicted octanol–water partition coefficient (Wildman–Crippen LogP) is 2.30. The molecule has 0 spiro atoms. The Morgan fingerprint density at radius 3 is 2.84 bits per heavy atom. The predicted molar refractivity (Wildman–Crippen MR) is 70.1 cm³/mol. The average Bonchev–Trinajstić information content (AvgIpc) is 2.44. The van der Waals surface area contributed by atoms with Gasteiger partial charge in [-0.3, -0.25) is 9.97 Å². The summed E-state index contributed by atoms with van der Waals surface area (Å²) in [5.41, 5.74) is 1.65. The smallest absolute Gasteiger partial charge is 0.141 e. The molecule has 0 amide bonds.